The molecule has 6 nitrogen and oxygen atoms in total. The van der Waals surface area contributed by atoms with E-state index in [2.05, 4.69) is 16.7 Å². The van der Waals surface area contributed by atoms with E-state index in [1.807, 2.05) is 41.5 Å². The van der Waals surface area contributed by atoms with E-state index in [1.165, 1.54) is 0 Å². The van der Waals surface area contributed by atoms with Crippen molar-refractivity contribution in [2.24, 2.45) is 0 Å². The number of hydrogen-bond donors (Lipinski definition) is 2. The topological polar surface area (TPSA) is 76.7 Å². The summed E-state index contributed by atoms with van der Waals surface area (Å²) in [5.74, 6) is 0.762. The second-order valence-corrected chi connectivity index (χ2v) is 8.34. The lowest BCUT2D eigenvalue weighted by molar-refractivity contribution is -0.119. The summed E-state index contributed by atoms with van der Waals surface area (Å²) in [7, 11) is 0. The van der Waals surface area contributed by atoms with Crippen molar-refractivity contribution in [3.05, 3.63) is 22.8 Å². The summed E-state index contributed by atoms with van der Waals surface area (Å²) in [5.41, 5.74) is 2.74. The van der Waals surface area contributed by atoms with Crippen LogP contribution in [0.25, 0.3) is 0 Å². The molecule has 0 saturated carbocycles. The van der Waals surface area contributed by atoms with Gasteiger partial charge in [-0.1, -0.05) is 6.07 Å². The molecule has 0 aliphatic carbocycles. The Morgan fingerprint density at radius 2 is 2.12 bits per heavy atom. The Balaban J connectivity index is 1.75. The van der Waals surface area contributed by atoms with Gasteiger partial charge in [-0.15, -0.1) is 0 Å². The smallest absolute Gasteiger partial charge is 0.407 e. The highest BCUT2D eigenvalue weighted by atomic mass is 16.6. The molecule has 3 rings (SSSR count). The minimum absolute atomic E-state index is 0.0158. The highest BCUT2D eigenvalue weighted by molar-refractivity contribution is 6.07. The van der Waals surface area contributed by atoms with Crippen LogP contribution >= 0.6 is 0 Å². The molecule has 0 spiro atoms. The van der Waals surface area contributed by atoms with Crippen LogP contribution in [0.5, 0.6) is 5.75 Å². The minimum Gasteiger partial charge on any atom is -0.488 e. The van der Waals surface area contributed by atoms with Crippen molar-refractivity contribution >= 4 is 17.7 Å². The van der Waals surface area contributed by atoms with E-state index in [1.54, 1.807) is 0 Å². The Morgan fingerprint density at radius 3 is 2.76 bits per heavy atom. The zero-order valence-corrected chi connectivity index (χ0v) is 15.7. The fourth-order valence-corrected chi connectivity index (χ4v) is 3.38. The number of benzene rings is 1. The van der Waals surface area contributed by atoms with Gasteiger partial charge in [0.1, 0.15) is 17.5 Å². The maximum absolute atomic E-state index is 12.3. The zero-order valence-electron chi connectivity index (χ0n) is 15.7. The number of aryl methyl sites for hydroxylation is 1. The zero-order chi connectivity index (χ0) is 18.6. The number of fused-ring (bicyclic) bond motifs is 3. The van der Waals surface area contributed by atoms with Crippen molar-refractivity contribution in [2.45, 2.75) is 65.1 Å². The third-order valence-corrected chi connectivity index (χ3v) is 4.59. The number of carbonyl (C=O) groups excluding carboxylic acids is 2. The summed E-state index contributed by atoms with van der Waals surface area (Å²) >= 11 is 0. The summed E-state index contributed by atoms with van der Waals surface area (Å²) in [5, 5.41) is 5.73. The molecule has 2 aliphatic heterocycles. The van der Waals surface area contributed by atoms with Crippen LogP contribution in [-0.4, -0.2) is 30.3 Å². The molecule has 1 aromatic rings. The molecule has 0 fully saturated rings. The molecule has 1 aromatic carbocycles. The summed E-state index contributed by atoms with van der Waals surface area (Å²) in [6, 6.07) is 2.06. The van der Waals surface area contributed by atoms with E-state index < -0.39 is 17.1 Å². The number of carbonyl (C=O) groups is 2. The molecule has 0 bridgehead atoms. The molecule has 2 N–H and O–H groups in total. The van der Waals surface area contributed by atoms with Gasteiger partial charge in [-0.25, -0.2) is 4.79 Å². The maximum atomic E-state index is 12.3. The van der Waals surface area contributed by atoms with E-state index in [9.17, 15) is 9.59 Å². The standard InChI is InChI=1S/C19H26N2O4/c1-10-7-11-8-12(9-20-17(23)25-18(2,3)4)24-15(11)13-14(10)21-16(22)19(13,5)6/h7,12H,8-9H2,1-6H3,(H,20,23)(H,21,22). The Bertz CT molecular complexity index is 747. The molecular weight excluding hydrogens is 320 g/mol. The van der Waals surface area contributed by atoms with E-state index in [-0.39, 0.29) is 12.0 Å². The van der Waals surface area contributed by atoms with Crippen LogP contribution in [0.4, 0.5) is 10.5 Å². The van der Waals surface area contributed by atoms with Crippen molar-refractivity contribution in [3.63, 3.8) is 0 Å². The van der Waals surface area contributed by atoms with Crippen LogP contribution in [0.15, 0.2) is 6.07 Å². The van der Waals surface area contributed by atoms with Crippen LogP contribution in [0.1, 0.15) is 51.3 Å². The van der Waals surface area contributed by atoms with Crippen LogP contribution in [0, 0.1) is 6.92 Å². The second-order valence-electron chi connectivity index (χ2n) is 8.34. The van der Waals surface area contributed by atoms with Crippen molar-refractivity contribution in [3.8, 4) is 5.75 Å². The fourth-order valence-electron chi connectivity index (χ4n) is 3.38. The molecule has 0 radical (unpaired) electrons. The van der Waals surface area contributed by atoms with E-state index >= 15 is 0 Å². The van der Waals surface area contributed by atoms with Crippen LogP contribution in [0.2, 0.25) is 0 Å². The highest BCUT2D eigenvalue weighted by Crippen LogP contribution is 2.49. The van der Waals surface area contributed by atoms with Gasteiger partial charge in [-0.3, -0.25) is 4.79 Å². The third kappa shape index (κ3) is 3.17. The summed E-state index contributed by atoms with van der Waals surface area (Å²) in [6.45, 7) is 11.6. The van der Waals surface area contributed by atoms with Gasteiger partial charge in [0.05, 0.1) is 17.6 Å². The molecule has 1 unspecified atom stereocenters. The SMILES string of the molecule is Cc1cc2c(c3c1NC(=O)C3(C)C)OC(CNC(=O)OC(C)(C)C)C2. The monoisotopic (exact) mass is 346 g/mol. The van der Waals surface area contributed by atoms with Crippen molar-refractivity contribution < 1.29 is 19.1 Å². The van der Waals surface area contributed by atoms with E-state index in [0.717, 1.165) is 28.1 Å². The number of alkyl carbamates (subject to hydrolysis) is 1. The predicted octanol–water partition coefficient (Wildman–Crippen LogP) is 3.05. The highest BCUT2D eigenvalue weighted by Gasteiger charge is 2.44. The third-order valence-electron chi connectivity index (χ3n) is 4.59. The molecule has 0 aromatic heterocycles. The fraction of sp³-hybridized carbons (Fsp3) is 0.579. The number of rotatable bonds is 2. The van der Waals surface area contributed by atoms with Gasteiger partial charge >= 0.3 is 6.09 Å². The lowest BCUT2D eigenvalue weighted by Gasteiger charge is -2.21. The molecule has 2 amide bonds. The first-order valence-electron chi connectivity index (χ1n) is 8.61. The van der Waals surface area contributed by atoms with Crippen LogP contribution < -0.4 is 15.4 Å². The van der Waals surface area contributed by atoms with Gasteiger partial charge in [0.25, 0.3) is 0 Å². The number of hydrogen-bond acceptors (Lipinski definition) is 4. The van der Waals surface area contributed by atoms with Crippen LogP contribution in [0.3, 0.4) is 0 Å². The quantitative estimate of drug-likeness (QED) is 0.863. The molecular formula is C19H26N2O4. The molecule has 6 heteroatoms. The number of anilines is 1. The average molecular weight is 346 g/mol. The Hall–Kier alpha value is -2.24. The first kappa shape index (κ1) is 17.6. The first-order chi connectivity index (χ1) is 11.5. The number of nitrogens with one attached hydrogen (secondary N) is 2. The van der Waals surface area contributed by atoms with Gasteiger partial charge in [0.15, 0.2) is 0 Å². The first-order valence-corrected chi connectivity index (χ1v) is 8.61. The summed E-state index contributed by atoms with van der Waals surface area (Å²) in [4.78, 5) is 24.1. The maximum Gasteiger partial charge on any atom is 0.407 e. The predicted molar refractivity (Wildman–Crippen MR) is 95.2 cm³/mol. The minimum atomic E-state index is -0.626. The van der Waals surface area contributed by atoms with Gasteiger partial charge in [0.2, 0.25) is 5.91 Å². The summed E-state index contributed by atoms with van der Waals surface area (Å²) < 4.78 is 11.4. The average Bonchev–Trinajstić information content (AvgIpc) is 2.95. The van der Waals surface area contributed by atoms with Gasteiger partial charge in [-0.05, 0) is 52.7 Å². The largest absolute Gasteiger partial charge is 0.488 e. The second kappa shape index (κ2) is 5.64. The molecule has 2 aliphatic rings. The van der Waals surface area contributed by atoms with E-state index in [0.29, 0.717) is 13.0 Å². The summed E-state index contributed by atoms with van der Waals surface area (Å²) in [6.07, 6.45) is 0.0781. The van der Waals surface area contributed by atoms with Crippen molar-refractivity contribution in [1.29, 1.82) is 0 Å². The lowest BCUT2D eigenvalue weighted by atomic mass is 9.83. The van der Waals surface area contributed by atoms with Gasteiger partial charge in [-0.2, -0.15) is 0 Å². The Kier molecular flexibility index (Phi) is 3.97. The normalized spacial score (nSPS) is 20.4. The van der Waals surface area contributed by atoms with Crippen LogP contribution in [-0.2, 0) is 21.4 Å². The molecule has 136 valence electrons. The molecule has 0 saturated heterocycles. The Labute approximate surface area is 148 Å². The Morgan fingerprint density at radius 1 is 1.44 bits per heavy atom. The van der Waals surface area contributed by atoms with Gasteiger partial charge < -0.3 is 20.1 Å². The molecule has 25 heavy (non-hydrogen) atoms. The van der Waals surface area contributed by atoms with E-state index in [4.69, 9.17) is 9.47 Å². The van der Waals surface area contributed by atoms with Crippen molar-refractivity contribution in [2.75, 3.05) is 11.9 Å². The van der Waals surface area contributed by atoms with Crippen molar-refractivity contribution in [1.82, 2.24) is 5.32 Å². The number of amides is 2. The number of ether oxygens (including phenoxy) is 2. The van der Waals surface area contributed by atoms with Gasteiger partial charge in [0, 0.05) is 12.0 Å². The lowest BCUT2D eigenvalue weighted by Crippen LogP contribution is -2.38. The molecule has 2 heterocycles. The molecule has 1 atom stereocenters.